The van der Waals surface area contributed by atoms with Crippen LogP contribution in [0.15, 0.2) is 48.5 Å². The monoisotopic (exact) mass is 399 g/mol. The number of aromatic carboxylic acids is 1. The molecule has 6 heteroatoms. The van der Waals surface area contributed by atoms with Gasteiger partial charge < -0.3 is 14.4 Å². The molecule has 1 heterocycles. The Labute approximate surface area is 175 Å². The molecule has 0 atom stereocenters. The fourth-order valence-corrected chi connectivity index (χ4v) is 3.40. The van der Waals surface area contributed by atoms with Crippen molar-refractivity contribution in [3.63, 3.8) is 0 Å². The number of nitrogens with zero attached hydrogens (tertiary/aromatic N) is 3. The van der Waals surface area contributed by atoms with Gasteiger partial charge in [-0.25, -0.2) is 9.64 Å². The zero-order valence-electron chi connectivity index (χ0n) is 16.8. The van der Waals surface area contributed by atoms with Gasteiger partial charge in [-0.3, -0.25) is 0 Å². The quantitative estimate of drug-likeness (QED) is 0.411. The summed E-state index contributed by atoms with van der Waals surface area (Å²) in [5.74, 6) is -0.855. The van der Waals surface area contributed by atoms with Crippen LogP contribution in [0.5, 0.6) is 5.88 Å². The van der Waals surface area contributed by atoms with Gasteiger partial charge in [0.2, 0.25) is 0 Å². The summed E-state index contributed by atoms with van der Waals surface area (Å²) in [7, 11) is 1.60. The molecule has 0 saturated heterocycles. The molecule has 0 bridgehead atoms. The topological polar surface area (TPSA) is 79.6 Å². The van der Waals surface area contributed by atoms with Crippen LogP contribution in [0, 0.1) is 17.9 Å². The Hall–Kier alpha value is -4.03. The lowest BCUT2D eigenvalue weighted by Gasteiger charge is -2.08. The molecule has 0 amide bonds. The molecule has 30 heavy (non-hydrogen) atoms. The van der Waals surface area contributed by atoms with Crippen LogP contribution in [0.1, 0.15) is 35.8 Å². The summed E-state index contributed by atoms with van der Waals surface area (Å²) >= 11 is 0. The molecular weight excluding hydrogens is 378 g/mol. The van der Waals surface area contributed by atoms with Crippen molar-refractivity contribution in [2.24, 2.45) is 7.05 Å². The third-order valence-electron chi connectivity index (χ3n) is 4.90. The molecule has 3 aromatic rings. The van der Waals surface area contributed by atoms with E-state index >= 15 is 0 Å². The Bertz CT molecular complexity index is 1160. The van der Waals surface area contributed by atoms with E-state index in [4.69, 9.17) is 11.3 Å². The first-order chi connectivity index (χ1) is 14.5. The number of ether oxygens (including phenoxy) is 1. The van der Waals surface area contributed by atoms with Gasteiger partial charge in [0.15, 0.2) is 5.88 Å². The Morgan fingerprint density at radius 3 is 2.47 bits per heavy atom. The third-order valence-corrected chi connectivity index (χ3v) is 4.90. The molecule has 1 N–H and O–H groups in total. The van der Waals surface area contributed by atoms with Crippen molar-refractivity contribution < 1.29 is 14.6 Å². The third kappa shape index (κ3) is 3.76. The first-order valence-electron chi connectivity index (χ1n) is 9.59. The number of rotatable bonds is 7. The minimum Gasteiger partial charge on any atom is -0.487 e. The highest BCUT2D eigenvalue weighted by Crippen LogP contribution is 2.44. The molecule has 0 unspecified atom stereocenters. The van der Waals surface area contributed by atoms with Crippen molar-refractivity contribution >= 4 is 11.7 Å². The number of carbonyl (C=O) groups is 1. The molecule has 0 aliphatic rings. The van der Waals surface area contributed by atoms with E-state index in [2.05, 4.69) is 10.9 Å². The van der Waals surface area contributed by atoms with E-state index in [1.54, 1.807) is 25.2 Å². The minimum atomic E-state index is -1.12. The second-order valence-electron chi connectivity index (χ2n) is 6.79. The van der Waals surface area contributed by atoms with Crippen LogP contribution in [0.4, 0.5) is 5.69 Å². The lowest BCUT2D eigenvalue weighted by molar-refractivity contribution is 0.0686. The first kappa shape index (κ1) is 20.7. The molecular formula is C24H21N3O3. The highest BCUT2D eigenvalue weighted by atomic mass is 16.5. The number of carboxylic acid groups (broad SMARTS) is 1. The predicted octanol–water partition coefficient (Wildman–Crippen LogP) is 5.66. The van der Waals surface area contributed by atoms with Gasteiger partial charge in [0.1, 0.15) is 5.69 Å². The number of aromatic nitrogens is 1. The van der Waals surface area contributed by atoms with Gasteiger partial charge in [0.25, 0.3) is 5.69 Å². The van der Waals surface area contributed by atoms with E-state index in [9.17, 15) is 15.2 Å². The van der Waals surface area contributed by atoms with Crippen LogP contribution >= 0.6 is 0 Å². The number of benzene rings is 2. The maximum Gasteiger partial charge on any atom is 0.351 e. The van der Waals surface area contributed by atoms with E-state index in [1.807, 2.05) is 37.3 Å². The maximum atomic E-state index is 12.0. The van der Waals surface area contributed by atoms with Crippen LogP contribution in [0.25, 0.3) is 27.1 Å². The summed E-state index contributed by atoms with van der Waals surface area (Å²) in [6.07, 6.45) is 1.75. The van der Waals surface area contributed by atoms with Gasteiger partial charge in [-0.05, 0) is 29.2 Å². The van der Waals surface area contributed by atoms with Crippen molar-refractivity contribution in [1.82, 2.24) is 4.57 Å². The summed E-state index contributed by atoms with van der Waals surface area (Å²) in [4.78, 5) is 15.6. The molecule has 2 aromatic carbocycles. The van der Waals surface area contributed by atoms with Crippen molar-refractivity contribution in [2.45, 2.75) is 19.8 Å². The second kappa shape index (κ2) is 8.98. The number of hydrogen-bond acceptors (Lipinski definition) is 3. The summed E-state index contributed by atoms with van der Waals surface area (Å²) < 4.78 is 7.20. The normalized spacial score (nSPS) is 10.3. The van der Waals surface area contributed by atoms with Crippen molar-refractivity contribution in [1.29, 1.82) is 5.26 Å². The van der Waals surface area contributed by atoms with Crippen LogP contribution in [-0.4, -0.2) is 22.2 Å². The highest BCUT2D eigenvalue weighted by molar-refractivity contribution is 6.01. The van der Waals surface area contributed by atoms with Gasteiger partial charge in [-0.2, -0.15) is 5.26 Å². The van der Waals surface area contributed by atoms with Crippen molar-refractivity contribution in [2.75, 3.05) is 6.61 Å². The van der Waals surface area contributed by atoms with Gasteiger partial charge in [-0.15, -0.1) is 0 Å². The molecule has 0 aliphatic heterocycles. The molecule has 0 aliphatic carbocycles. The Morgan fingerprint density at radius 2 is 1.87 bits per heavy atom. The first-order valence-corrected chi connectivity index (χ1v) is 9.59. The molecule has 150 valence electrons. The lowest BCUT2D eigenvalue weighted by atomic mass is 9.97. The number of hydrogen-bond donors (Lipinski definition) is 1. The number of carboxylic acids is 1. The Morgan fingerprint density at radius 1 is 1.20 bits per heavy atom. The average Bonchev–Trinajstić information content (AvgIpc) is 3.05. The Balaban J connectivity index is 2.11. The zero-order chi connectivity index (χ0) is 21.7. The minimum absolute atomic E-state index is 0.0117. The largest absolute Gasteiger partial charge is 0.487 e. The SMILES string of the molecule is [C-]#[N+]c1c(-c2ccc(-c3ccccc3C#N)cc2)c(C(=O)O)n(C)c1OCCCC. The van der Waals surface area contributed by atoms with Gasteiger partial charge in [-0.1, -0.05) is 55.8 Å². The summed E-state index contributed by atoms with van der Waals surface area (Å²) in [6, 6.07) is 16.7. The average molecular weight is 399 g/mol. The summed E-state index contributed by atoms with van der Waals surface area (Å²) in [5.41, 5.74) is 3.35. The number of nitriles is 1. The zero-order valence-corrected chi connectivity index (χ0v) is 16.8. The second-order valence-corrected chi connectivity index (χ2v) is 6.79. The predicted molar refractivity (Wildman–Crippen MR) is 115 cm³/mol. The van der Waals surface area contributed by atoms with E-state index in [0.717, 1.165) is 24.0 Å². The summed E-state index contributed by atoms with van der Waals surface area (Å²) in [6.45, 7) is 10.1. The smallest absolute Gasteiger partial charge is 0.351 e. The van der Waals surface area contributed by atoms with Gasteiger partial charge in [0, 0.05) is 12.6 Å². The molecule has 1 aromatic heterocycles. The molecule has 0 spiro atoms. The van der Waals surface area contributed by atoms with Crippen molar-refractivity contribution in [3.05, 3.63) is 71.2 Å². The highest BCUT2D eigenvalue weighted by Gasteiger charge is 2.27. The fourth-order valence-electron chi connectivity index (χ4n) is 3.40. The standard InChI is InChI=1S/C24H21N3O3/c1-4-5-14-30-23-21(26-2)20(22(24(28)29)27(23)3)17-12-10-16(11-13-17)19-9-7-6-8-18(19)15-25/h6-13H,4-5,14H2,1,3H3,(H,28,29). The van der Waals surface area contributed by atoms with Gasteiger partial charge in [0.05, 0.1) is 24.8 Å². The fraction of sp³-hybridized carbons (Fsp3) is 0.208. The van der Waals surface area contributed by atoms with Gasteiger partial charge >= 0.3 is 5.97 Å². The molecule has 6 nitrogen and oxygen atoms in total. The van der Waals surface area contributed by atoms with E-state index in [0.29, 0.717) is 23.3 Å². The molecule has 0 saturated carbocycles. The maximum absolute atomic E-state index is 12.0. The van der Waals surface area contributed by atoms with E-state index < -0.39 is 5.97 Å². The van der Waals surface area contributed by atoms with Crippen LogP contribution in [0.2, 0.25) is 0 Å². The van der Waals surface area contributed by atoms with E-state index in [1.165, 1.54) is 4.57 Å². The van der Waals surface area contributed by atoms with Crippen molar-refractivity contribution in [3.8, 4) is 34.2 Å². The Kier molecular flexibility index (Phi) is 6.20. The van der Waals surface area contributed by atoms with Crippen LogP contribution < -0.4 is 4.74 Å². The molecule has 0 fully saturated rings. The molecule has 3 rings (SSSR count). The van der Waals surface area contributed by atoms with E-state index in [-0.39, 0.29) is 17.3 Å². The number of unbranched alkanes of at least 4 members (excludes halogenated alkanes) is 1. The molecule has 0 radical (unpaired) electrons. The lowest BCUT2D eigenvalue weighted by Crippen LogP contribution is -2.08. The summed E-state index contributed by atoms with van der Waals surface area (Å²) in [5, 5.41) is 19.1. The van der Waals surface area contributed by atoms with Crippen LogP contribution in [-0.2, 0) is 7.05 Å². The van der Waals surface area contributed by atoms with Crippen LogP contribution in [0.3, 0.4) is 0 Å².